The standard InChI is InChI=1S/C26H44F4/c1-3-5-19(20-11-8-17(2)9-12-20)7-4-6-18-10-13-22(23(27)14-18)21-15-24(28)26(30)25(29)16-21/h17-26H,3-16H2,1-2H3. The van der Waals surface area contributed by atoms with Gasteiger partial charge in [-0.2, -0.15) is 0 Å². The van der Waals surface area contributed by atoms with E-state index in [0.29, 0.717) is 18.8 Å². The molecule has 0 saturated heterocycles. The second-order valence-electron chi connectivity index (χ2n) is 11.1. The van der Waals surface area contributed by atoms with Crippen LogP contribution in [0.5, 0.6) is 0 Å². The van der Waals surface area contributed by atoms with Crippen LogP contribution < -0.4 is 0 Å². The maximum atomic E-state index is 14.9. The zero-order chi connectivity index (χ0) is 21.7. The zero-order valence-corrected chi connectivity index (χ0v) is 19.2. The minimum atomic E-state index is -2.01. The Morgan fingerprint density at radius 2 is 1.43 bits per heavy atom. The molecule has 0 N–H and O–H groups in total. The highest BCUT2D eigenvalue weighted by atomic mass is 19.2. The Kier molecular flexibility index (Phi) is 9.38. The third-order valence-electron chi connectivity index (χ3n) is 8.86. The lowest BCUT2D eigenvalue weighted by Gasteiger charge is -2.40. The first-order valence-electron chi connectivity index (χ1n) is 12.9. The second-order valence-corrected chi connectivity index (χ2v) is 11.1. The van der Waals surface area contributed by atoms with E-state index in [1.54, 1.807) is 0 Å². The number of hydrogen-bond acceptors (Lipinski definition) is 0. The van der Waals surface area contributed by atoms with Crippen LogP contribution in [0.3, 0.4) is 0 Å². The highest BCUT2D eigenvalue weighted by Gasteiger charge is 2.44. The highest BCUT2D eigenvalue weighted by Crippen LogP contribution is 2.45. The minimum Gasteiger partial charge on any atom is -0.247 e. The Morgan fingerprint density at radius 3 is 2.03 bits per heavy atom. The van der Waals surface area contributed by atoms with E-state index in [4.69, 9.17) is 0 Å². The van der Waals surface area contributed by atoms with E-state index < -0.39 is 24.7 Å². The molecule has 0 aromatic rings. The van der Waals surface area contributed by atoms with Crippen molar-refractivity contribution in [3.8, 4) is 0 Å². The Hall–Kier alpha value is -0.280. The van der Waals surface area contributed by atoms with E-state index in [2.05, 4.69) is 13.8 Å². The predicted molar refractivity (Wildman–Crippen MR) is 117 cm³/mol. The molecule has 6 atom stereocenters. The Morgan fingerprint density at radius 1 is 0.767 bits per heavy atom. The molecule has 0 bridgehead atoms. The van der Waals surface area contributed by atoms with Gasteiger partial charge in [0.25, 0.3) is 0 Å². The molecular weight excluding hydrogens is 388 g/mol. The summed E-state index contributed by atoms with van der Waals surface area (Å²) in [6, 6.07) is 0. The first kappa shape index (κ1) is 24.4. The lowest BCUT2D eigenvalue weighted by atomic mass is 9.68. The van der Waals surface area contributed by atoms with Gasteiger partial charge in [0.05, 0.1) is 0 Å². The number of rotatable bonds is 8. The van der Waals surface area contributed by atoms with Crippen molar-refractivity contribution < 1.29 is 17.6 Å². The first-order valence-corrected chi connectivity index (χ1v) is 12.9. The molecule has 3 rings (SSSR count). The van der Waals surface area contributed by atoms with Gasteiger partial charge in [0, 0.05) is 0 Å². The molecule has 0 nitrogen and oxygen atoms in total. The van der Waals surface area contributed by atoms with Crippen molar-refractivity contribution in [2.24, 2.45) is 35.5 Å². The smallest absolute Gasteiger partial charge is 0.162 e. The summed E-state index contributed by atoms with van der Waals surface area (Å²) in [4.78, 5) is 0. The third kappa shape index (κ3) is 6.37. The number of hydrogen-bond donors (Lipinski definition) is 0. The molecule has 0 radical (unpaired) electrons. The lowest BCUT2D eigenvalue weighted by molar-refractivity contribution is -0.0237. The van der Waals surface area contributed by atoms with E-state index in [0.717, 1.165) is 30.6 Å². The van der Waals surface area contributed by atoms with E-state index >= 15 is 0 Å². The molecule has 0 aromatic heterocycles. The van der Waals surface area contributed by atoms with Crippen LogP contribution in [0.15, 0.2) is 0 Å². The molecule has 0 aliphatic heterocycles. The maximum Gasteiger partial charge on any atom is 0.162 e. The van der Waals surface area contributed by atoms with Crippen LogP contribution in [0.4, 0.5) is 17.6 Å². The molecule has 4 heteroatoms. The Labute approximate surface area is 182 Å². The summed E-state index contributed by atoms with van der Waals surface area (Å²) in [6.45, 7) is 4.66. The van der Waals surface area contributed by atoms with Crippen molar-refractivity contribution in [2.45, 2.75) is 128 Å². The molecule has 3 aliphatic carbocycles. The summed E-state index contributed by atoms with van der Waals surface area (Å²) < 4.78 is 55.9. The molecule has 3 fully saturated rings. The summed E-state index contributed by atoms with van der Waals surface area (Å²) in [6.07, 6.45) is 7.34. The normalized spacial score (nSPS) is 44.0. The second kappa shape index (κ2) is 11.5. The summed E-state index contributed by atoms with van der Waals surface area (Å²) in [7, 11) is 0. The van der Waals surface area contributed by atoms with Crippen molar-refractivity contribution in [1.29, 1.82) is 0 Å². The van der Waals surface area contributed by atoms with E-state index in [-0.39, 0.29) is 24.7 Å². The molecule has 0 heterocycles. The van der Waals surface area contributed by atoms with Gasteiger partial charge in [0.15, 0.2) is 6.17 Å². The van der Waals surface area contributed by atoms with Gasteiger partial charge >= 0.3 is 0 Å². The fourth-order valence-electron chi connectivity index (χ4n) is 6.94. The molecule has 30 heavy (non-hydrogen) atoms. The van der Waals surface area contributed by atoms with Crippen molar-refractivity contribution in [1.82, 2.24) is 0 Å². The first-order chi connectivity index (χ1) is 14.4. The van der Waals surface area contributed by atoms with Crippen molar-refractivity contribution in [3.05, 3.63) is 0 Å². The topological polar surface area (TPSA) is 0 Å². The number of alkyl halides is 4. The van der Waals surface area contributed by atoms with Crippen molar-refractivity contribution >= 4 is 0 Å². The van der Waals surface area contributed by atoms with E-state index in [1.807, 2.05) is 0 Å². The SMILES string of the molecule is CCCC(CCCC1CCC(C2CC(F)C(F)C(F)C2)C(F)C1)C1CCC(C)CC1. The van der Waals surface area contributed by atoms with Crippen molar-refractivity contribution in [2.75, 3.05) is 0 Å². The minimum absolute atomic E-state index is 0.00393. The van der Waals surface area contributed by atoms with Gasteiger partial charge < -0.3 is 0 Å². The van der Waals surface area contributed by atoms with Crippen molar-refractivity contribution in [3.63, 3.8) is 0 Å². The summed E-state index contributed by atoms with van der Waals surface area (Å²) in [5, 5.41) is 0. The Balaban J connectivity index is 1.41. The molecule has 176 valence electrons. The molecular formula is C26H44F4. The molecule has 0 aromatic carbocycles. The van der Waals surface area contributed by atoms with Gasteiger partial charge in [-0.05, 0) is 80.5 Å². The van der Waals surface area contributed by atoms with E-state index in [1.165, 1.54) is 51.4 Å². The summed E-state index contributed by atoms with van der Waals surface area (Å²) in [5.41, 5.74) is 0. The molecule has 0 amide bonds. The fraction of sp³-hybridized carbons (Fsp3) is 1.00. The molecule has 0 spiro atoms. The lowest BCUT2D eigenvalue weighted by Crippen LogP contribution is -2.42. The molecule has 3 aliphatic rings. The fourth-order valence-corrected chi connectivity index (χ4v) is 6.94. The van der Waals surface area contributed by atoms with Crippen LogP contribution in [-0.2, 0) is 0 Å². The van der Waals surface area contributed by atoms with Gasteiger partial charge in [-0.25, -0.2) is 17.6 Å². The monoisotopic (exact) mass is 432 g/mol. The average Bonchev–Trinajstić information content (AvgIpc) is 2.72. The zero-order valence-electron chi connectivity index (χ0n) is 19.2. The number of halogens is 4. The van der Waals surface area contributed by atoms with Gasteiger partial charge in [-0.1, -0.05) is 58.8 Å². The Bertz CT molecular complexity index is 477. The van der Waals surface area contributed by atoms with Gasteiger partial charge in [-0.15, -0.1) is 0 Å². The van der Waals surface area contributed by atoms with Gasteiger partial charge in [0.2, 0.25) is 0 Å². The van der Waals surface area contributed by atoms with E-state index in [9.17, 15) is 17.6 Å². The van der Waals surface area contributed by atoms with Crippen LogP contribution >= 0.6 is 0 Å². The summed E-state index contributed by atoms with van der Waals surface area (Å²) >= 11 is 0. The van der Waals surface area contributed by atoms with Crippen LogP contribution in [0, 0.1) is 35.5 Å². The molecule has 6 unspecified atom stereocenters. The molecule has 3 saturated carbocycles. The van der Waals surface area contributed by atoms with Crippen LogP contribution in [0.2, 0.25) is 0 Å². The van der Waals surface area contributed by atoms with Gasteiger partial charge in [-0.3, -0.25) is 0 Å². The summed E-state index contributed by atoms with van der Waals surface area (Å²) in [5.74, 6) is 2.41. The van der Waals surface area contributed by atoms with Gasteiger partial charge in [0.1, 0.15) is 18.5 Å². The van der Waals surface area contributed by atoms with Crippen LogP contribution in [0.1, 0.15) is 104 Å². The third-order valence-corrected chi connectivity index (χ3v) is 8.86. The van der Waals surface area contributed by atoms with Crippen LogP contribution in [0.25, 0.3) is 0 Å². The predicted octanol–water partition coefficient (Wildman–Crippen LogP) is 8.58. The van der Waals surface area contributed by atoms with Crippen LogP contribution in [-0.4, -0.2) is 24.7 Å². The maximum absolute atomic E-state index is 14.9. The quantitative estimate of drug-likeness (QED) is 0.337. The highest BCUT2D eigenvalue weighted by molar-refractivity contribution is 4.93. The largest absolute Gasteiger partial charge is 0.247 e. The average molecular weight is 433 g/mol.